The Bertz CT molecular complexity index is 293. The molecule has 0 spiro atoms. The van der Waals surface area contributed by atoms with Crippen LogP contribution in [-0.2, 0) is 13.0 Å². The van der Waals surface area contributed by atoms with Crippen LogP contribution in [0, 0.1) is 0 Å². The number of aryl methyl sites for hydroxylation is 1. The first kappa shape index (κ1) is 8.78. The van der Waals surface area contributed by atoms with Gasteiger partial charge in [0, 0.05) is 24.5 Å². The van der Waals surface area contributed by atoms with Crippen LogP contribution in [0.1, 0.15) is 30.1 Å². The lowest BCUT2D eigenvalue weighted by Crippen LogP contribution is -2.05. The molecule has 0 amide bonds. The zero-order valence-electron chi connectivity index (χ0n) is 7.61. The molecule has 72 valence electrons. The lowest BCUT2D eigenvalue weighted by Gasteiger charge is -2.16. The molecule has 3 heteroatoms. The van der Waals surface area contributed by atoms with Crippen molar-refractivity contribution in [1.82, 2.24) is 4.57 Å². The Hall–Kier alpha value is -0.800. The lowest BCUT2D eigenvalue weighted by atomic mass is 9.93. The van der Waals surface area contributed by atoms with Gasteiger partial charge in [0.25, 0.3) is 0 Å². The fourth-order valence-electron chi connectivity index (χ4n) is 1.97. The molecule has 1 aromatic heterocycles. The van der Waals surface area contributed by atoms with E-state index in [1.807, 2.05) is 17.0 Å². The van der Waals surface area contributed by atoms with E-state index in [4.69, 9.17) is 5.11 Å². The van der Waals surface area contributed by atoms with Gasteiger partial charge in [-0.3, -0.25) is 0 Å². The first-order chi connectivity index (χ1) is 6.31. The first-order valence-corrected chi connectivity index (χ1v) is 4.78. The Morgan fingerprint density at radius 1 is 1.46 bits per heavy atom. The van der Waals surface area contributed by atoms with E-state index in [9.17, 15) is 5.11 Å². The molecule has 1 atom stereocenters. The second-order valence-electron chi connectivity index (χ2n) is 3.61. The zero-order valence-corrected chi connectivity index (χ0v) is 7.61. The predicted molar refractivity (Wildman–Crippen MR) is 49.4 cm³/mol. The molecule has 1 unspecified atom stereocenters. The van der Waals surface area contributed by atoms with E-state index in [0.29, 0.717) is 6.54 Å². The van der Waals surface area contributed by atoms with Crippen LogP contribution in [0.15, 0.2) is 12.4 Å². The summed E-state index contributed by atoms with van der Waals surface area (Å²) in [7, 11) is 0. The Balaban J connectivity index is 2.25. The lowest BCUT2D eigenvalue weighted by molar-refractivity contribution is 0.157. The number of aliphatic hydroxyl groups excluding tert-OH is 2. The molecular weight excluding hydrogens is 166 g/mol. The van der Waals surface area contributed by atoms with Crippen LogP contribution in [0.4, 0.5) is 0 Å². The fraction of sp³-hybridized carbons (Fsp3) is 0.600. The Labute approximate surface area is 77.6 Å². The summed E-state index contributed by atoms with van der Waals surface area (Å²) in [4.78, 5) is 0. The van der Waals surface area contributed by atoms with Crippen molar-refractivity contribution in [2.75, 3.05) is 6.61 Å². The molecule has 0 aliphatic heterocycles. The van der Waals surface area contributed by atoms with Crippen LogP contribution in [-0.4, -0.2) is 21.4 Å². The first-order valence-electron chi connectivity index (χ1n) is 4.78. The quantitative estimate of drug-likeness (QED) is 0.710. The van der Waals surface area contributed by atoms with Gasteiger partial charge in [0.05, 0.1) is 12.7 Å². The Kier molecular flexibility index (Phi) is 2.38. The Morgan fingerprint density at radius 2 is 2.31 bits per heavy atom. The van der Waals surface area contributed by atoms with Crippen molar-refractivity contribution in [3.8, 4) is 0 Å². The number of nitrogens with zero attached hydrogens (tertiary/aromatic N) is 1. The van der Waals surface area contributed by atoms with Crippen LogP contribution >= 0.6 is 0 Å². The summed E-state index contributed by atoms with van der Waals surface area (Å²) in [5.74, 6) is 0. The van der Waals surface area contributed by atoms with Crippen LogP contribution < -0.4 is 0 Å². The number of fused-ring (bicyclic) bond motifs is 1. The number of hydrogen-bond donors (Lipinski definition) is 2. The third-order valence-electron chi connectivity index (χ3n) is 2.64. The molecule has 1 aliphatic carbocycles. The van der Waals surface area contributed by atoms with Gasteiger partial charge in [-0.2, -0.15) is 0 Å². The third-order valence-corrected chi connectivity index (χ3v) is 2.64. The summed E-state index contributed by atoms with van der Waals surface area (Å²) in [6, 6.07) is 0. The molecule has 13 heavy (non-hydrogen) atoms. The van der Waals surface area contributed by atoms with Crippen LogP contribution in [0.2, 0.25) is 0 Å². The average Bonchev–Trinajstić information content (AvgIpc) is 2.49. The average molecular weight is 181 g/mol. The van der Waals surface area contributed by atoms with Crippen molar-refractivity contribution in [2.45, 2.75) is 31.9 Å². The molecule has 2 rings (SSSR count). The molecule has 2 N–H and O–H groups in total. The van der Waals surface area contributed by atoms with Crippen molar-refractivity contribution in [2.24, 2.45) is 0 Å². The summed E-state index contributed by atoms with van der Waals surface area (Å²) in [6.07, 6.45) is 6.70. The number of rotatable bonds is 2. The highest BCUT2D eigenvalue weighted by Gasteiger charge is 2.19. The highest BCUT2D eigenvalue weighted by atomic mass is 16.3. The molecular formula is C10H15NO2. The summed E-state index contributed by atoms with van der Waals surface area (Å²) < 4.78 is 1.96. The molecule has 0 saturated carbocycles. The van der Waals surface area contributed by atoms with E-state index in [2.05, 4.69) is 0 Å². The highest BCUT2D eigenvalue weighted by molar-refractivity contribution is 5.28. The fourth-order valence-corrected chi connectivity index (χ4v) is 1.97. The summed E-state index contributed by atoms with van der Waals surface area (Å²) in [5, 5.41) is 18.4. The summed E-state index contributed by atoms with van der Waals surface area (Å²) in [6.45, 7) is 0.781. The van der Waals surface area contributed by atoms with Crippen LogP contribution in [0.25, 0.3) is 0 Å². The molecule has 3 nitrogen and oxygen atoms in total. The SMILES string of the molecule is OCCn1cc2c(c1)C(O)CCC2. The number of aliphatic hydroxyl groups is 2. The smallest absolute Gasteiger partial charge is 0.0807 e. The third kappa shape index (κ3) is 1.62. The second-order valence-corrected chi connectivity index (χ2v) is 3.61. The maximum atomic E-state index is 9.67. The molecule has 0 aromatic carbocycles. The second kappa shape index (κ2) is 3.52. The minimum absolute atomic E-state index is 0.156. The van der Waals surface area contributed by atoms with Gasteiger partial charge < -0.3 is 14.8 Å². The minimum atomic E-state index is -0.288. The van der Waals surface area contributed by atoms with Gasteiger partial charge in [-0.15, -0.1) is 0 Å². The van der Waals surface area contributed by atoms with Gasteiger partial charge in [0.1, 0.15) is 0 Å². The minimum Gasteiger partial charge on any atom is -0.395 e. The topological polar surface area (TPSA) is 45.4 Å². The van der Waals surface area contributed by atoms with E-state index in [1.165, 1.54) is 5.56 Å². The van der Waals surface area contributed by atoms with Crippen molar-refractivity contribution < 1.29 is 10.2 Å². The standard InChI is InChI=1S/C10H15NO2/c12-5-4-11-6-8-2-1-3-10(13)9(8)7-11/h6-7,10,12-13H,1-5H2. The highest BCUT2D eigenvalue weighted by Crippen LogP contribution is 2.29. The van der Waals surface area contributed by atoms with Gasteiger partial charge in [-0.1, -0.05) is 0 Å². The molecule has 0 fully saturated rings. The Morgan fingerprint density at radius 3 is 3.00 bits per heavy atom. The van der Waals surface area contributed by atoms with Crippen molar-refractivity contribution in [3.63, 3.8) is 0 Å². The van der Waals surface area contributed by atoms with E-state index < -0.39 is 0 Å². The van der Waals surface area contributed by atoms with Gasteiger partial charge in [-0.05, 0) is 24.8 Å². The van der Waals surface area contributed by atoms with Gasteiger partial charge in [0.2, 0.25) is 0 Å². The van der Waals surface area contributed by atoms with Crippen molar-refractivity contribution >= 4 is 0 Å². The molecule has 1 aromatic rings. The van der Waals surface area contributed by atoms with Crippen molar-refractivity contribution in [3.05, 3.63) is 23.5 Å². The number of aromatic nitrogens is 1. The van der Waals surface area contributed by atoms with Gasteiger partial charge in [0.15, 0.2) is 0 Å². The summed E-state index contributed by atoms with van der Waals surface area (Å²) in [5.41, 5.74) is 2.30. The van der Waals surface area contributed by atoms with E-state index in [1.54, 1.807) is 0 Å². The maximum Gasteiger partial charge on any atom is 0.0807 e. The normalized spacial score (nSPS) is 21.5. The van der Waals surface area contributed by atoms with Gasteiger partial charge >= 0.3 is 0 Å². The molecule has 0 saturated heterocycles. The number of hydrogen-bond acceptors (Lipinski definition) is 2. The molecule has 1 aliphatic rings. The largest absolute Gasteiger partial charge is 0.395 e. The molecule has 0 radical (unpaired) electrons. The van der Waals surface area contributed by atoms with Crippen LogP contribution in [0.5, 0.6) is 0 Å². The predicted octanol–water partition coefficient (Wildman–Crippen LogP) is 0.850. The molecule has 1 heterocycles. The van der Waals surface area contributed by atoms with Gasteiger partial charge in [-0.25, -0.2) is 0 Å². The van der Waals surface area contributed by atoms with Crippen molar-refractivity contribution in [1.29, 1.82) is 0 Å². The zero-order chi connectivity index (χ0) is 9.26. The van der Waals surface area contributed by atoms with E-state index in [-0.39, 0.29) is 12.7 Å². The summed E-state index contributed by atoms with van der Waals surface area (Å²) >= 11 is 0. The van der Waals surface area contributed by atoms with Crippen LogP contribution in [0.3, 0.4) is 0 Å². The maximum absolute atomic E-state index is 9.67. The monoisotopic (exact) mass is 181 g/mol. The molecule has 0 bridgehead atoms. The van der Waals surface area contributed by atoms with E-state index in [0.717, 1.165) is 24.8 Å². The van der Waals surface area contributed by atoms with E-state index >= 15 is 0 Å².